The molecular formula is C21H17N5O. The van der Waals surface area contributed by atoms with Crippen molar-refractivity contribution in [3.05, 3.63) is 78.4 Å². The fraction of sp³-hybridized carbons (Fsp3) is 0.0952. The summed E-state index contributed by atoms with van der Waals surface area (Å²) in [5.74, 6) is -0.0862. The number of nitrogens with zero attached hydrogens (tertiary/aromatic N) is 3. The molecule has 0 saturated carbocycles. The molecule has 0 saturated heterocycles. The Balaban J connectivity index is 1.34. The molecule has 0 bridgehead atoms. The topological polar surface area (TPSA) is 75.6 Å². The highest BCUT2D eigenvalue weighted by molar-refractivity contribution is 5.91. The predicted molar refractivity (Wildman–Crippen MR) is 103 cm³/mol. The van der Waals surface area contributed by atoms with Crippen LogP contribution in [0.25, 0.3) is 22.5 Å². The van der Waals surface area contributed by atoms with Crippen molar-refractivity contribution in [1.29, 1.82) is 0 Å². The number of carbonyl (C=O) groups is 1. The lowest BCUT2D eigenvalue weighted by Crippen LogP contribution is -2.17. The molecule has 2 aromatic heterocycles. The molecule has 0 atom stereocenters. The Bertz CT molecular complexity index is 1110. The highest BCUT2D eigenvalue weighted by Gasteiger charge is 2.24. The molecule has 5 rings (SSSR count). The molecule has 27 heavy (non-hydrogen) atoms. The fourth-order valence-corrected chi connectivity index (χ4v) is 3.57. The summed E-state index contributed by atoms with van der Waals surface area (Å²) in [6.45, 7) is 0.243. The van der Waals surface area contributed by atoms with E-state index in [1.165, 1.54) is 16.7 Å². The Labute approximate surface area is 155 Å². The van der Waals surface area contributed by atoms with Gasteiger partial charge in [-0.15, -0.1) is 0 Å². The second kappa shape index (κ2) is 6.25. The summed E-state index contributed by atoms with van der Waals surface area (Å²) in [5.41, 5.74) is 7.66. The minimum atomic E-state index is -0.0862. The number of rotatable bonds is 4. The first-order chi connectivity index (χ1) is 13.3. The average Bonchev–Trinajstić information content (AvgIpc) is 3.39. The number of H-pyrrole nitrogens is 1. The largest absolute Gasteiger partial charge is 0.328 e. The standard InChI is InChI=1S/C21H17N5O/c27-19(12-26-10-9-22-13-26)23-16-7-5-14(6-8-16)20-18-11-15-3-1-2-4-17(15)21(18)25-24-20/h1-10,13H,11-12H2,(H,23,27)(H,24,25). The zero-order valence-electron chi connectivity index (χ0n) is 14.5. The molecule has 0 unspecified atom stereocenters. The average molecular weight is 355 g/mol. The molecular weight excluding hydrogens is 338 g/mol. The first-order valence-corrected chi connectivity index (χ1v) is 8.79. The summed E-state index contributed by atoms with van der Waals surface area (Å²) in [7, 11) is 0. The van der Waals surface area contributed by atoms with E-state index in [1.807, 2.05) is 24.3 Å². The van der Waals surface area contributed by atoms with Crippen LogP contribution < -0.4 is 5.32 Å². The molecule has 132 valence electrons. The van der Waals surface area contributed by atoms with E-state index in [9.17, 15) is 4.79 Å². The zero-order chi connectivity index (χ0) is 18.2. The number of hydrogen-bond donors (Lipinski definition) is 2. The third-order valence-corrected chi connectivity index (χ3v) is 4.85. The lowest BCUT2D eigenvalue weighted by Gasteiger charge is -2.07. The second-order valence-electron chi connectivity index (χ2n) is 6.62. The molecule has 0 fully saturated rings. The SMILES string of the molecule is O=C(Cn1ccnc1)Nc1ccc(-c2n[nH]c3c2Cc2ccccc2-3)cc1. The molecule has 2 N–H and O–H groups in total. The van der Waals surface area contributed by atoms with Crippen molar-refractivity contribution in [2.24, 2.45) is 0 Å². The summed E-state index contributed by atoms with van der Waals surface area (Å²) in [6.07, 6.45) is 5.93. The van der Waals surface area contributed by atoms with Gasteiger partial charge in [-0.1, -0.05) is 36.4 Å². The lowest BCUT2D eigenvalue weighted by atomic mass is 10.1. The fourth-order valence-electron chi connectivity index (χ4n) is 3.57. The van der Waals surface area contributed by atoms with E-state index < -0.39 is 0 Å². The number of benzene rings is 2. The Hall–Kier alpha value is -3.67. The van der Waals surface area contributed by atoms with Crippen LogP contribution in [-0.4, -0.2) is 25.7 Å². The van der Waals surface area contributed by atoms with Gasteiger partial charge in [0, 0.05) is 41.2 Å². The first kappa shape index (κ1) is 15.6. The van der Waals surface area contributed by atoms with E-state index in [0.717, 1.165) is 29.1 Å². The van der Waals surface area contributed by atoms with Crippen LogP contribution in [0.4, 0.5) is 5.69 Å². The van der Waals surface area contributed by atoms with Gasteiger partial charge in [-0.2, -0.15) is 5.10 Å². The van der Waals surface area contributed by atoms with Crippen LogP contribution in [-0.2, 0) is 17.8 Å². The van der Waals surface area contributed by atoms with Gasteiger partial charge in [0.15, 0.2) is 0 Å². The van der Waals surface area contributed by atoms with Crippen molar-refractivity contribution in [2.45, 2.75) is 13.0 Å². The van der Waals surface area contributed by atoms with Crippen LogP contribution in [0, 0.1) is 0 Å². The van der Waals surface area contributed by atoms with Crippen molar-refractivity contribution in [3.63, 3.8) is 0 Å². The van der Waals surface area contributed by atoms with Gasteiger partial charge in [-0.05, 0) is 17.7 Å². The Kier molecular flexibility index (Phi) is 3.60. The molecule has 1 aliphatic carbocycles. The van der Waals surface area contributed by atoms with Crippen molar-refractivity contribution < 1.29 is 4.79 Å². The molecule has 6 nitrogen and oxygen atoms in total. The van der Waals surface area contributed by atoms with Crippen LogP contribution in [0.5, 0.6) is 0 Å². The Morgan fingerprint density at radius 2 is 2.00 bits per heavy atom. The van der Waals surface area contributed by atoms with Crippen molar-refractivity contribution in [2.75, 3.05) is 5.32 Å². The first-order valence-electron chi connectivity index (χ1n) is 8.79. The van der Waals surface area contributed by atoms with Crippen LogP contribution in [0.15, 0.2) is 67.3 Å². The quantitative estimate of drug-likeness (QED) is 0.518. The molecule has 1 amide bonds. The van der Waals surface area contributed by atoms with E-state index in [0.29, 0.717) is 0 Å². The van der Waals surface area contributed by atoms with Crippen LogP contribution in [0.1, 0.15) is 11.1 Å². The summed E-state index contributed by atoms with van der Waals surface area (Å²) >= 11 is 0. The highest BCUT2D eigenvalue weighted by Crippen LogP contribution is 2.39. The maximum atomic E-state index is 12.1. The maximum absolute atomic E-state index is 12.1. The Morgan fingerprint density at radius 3 is 2.81 bits per heavy atom. The number of amides is 1. The maximum Gasteiger partial charge on any atom is 0.244 e. The van der Waals surface area contributed by atoms with E-state index in [-0.39, 0.29) is 12.5 Å². The zero-order valence-corrected chi connectivity index (χ0v) is 14.5. The summed E-state index contributed by atoms with van der Waals surface area (Å²) < 4.78 is 1.73. The van der Waals surface area contributed by atoms with Crippen LogP contribution in [0.3, 0.4) is 0 Å². The van der Waals surface area contributed by atoms with Crippen molar-refractivity contribution in [3.8, 4) is 22.5 Å². The summed E-state index contributed by atoms with van der Waals surface area (Å²) in [6, 6.07) is 16.2. The van der Waals surface area contributed by atoms with Gasteiger partial charge in [0.1, 0.15) is 6.54 Å². The van der Waals surface area contributed by atoms with Crippen LogP contribution in [0.2, 0.25) is 0 Å². The Morgan fingerprint density at radius 1 is 1.15 bits per heavy atom. The number of fused-ring (bicyclic) bond motifs is 3. The number of aromatic nitrogens is 4. The van der Waals surface area contributed by atoms with Gasteiger partial charge in [-0.25, -0.2) is 4.98 Å². The molecule has 0 aliphatic heterocycles. The molecule has 4 aromatic rings. The van der Waals surface area contributed by atoms with E-state index in [4.69, 9.17) is 0 Å². The third kappa shape index (κ3) is 2.81. The molecule has 2 aromatic carbocycles. The van der Waals surface area contributed by atoms with Crippen molar-refractivity contribution >= 4 is 11.6 Å². The molecule has 0 spiro atoms. The molecule has 2 heterocycles. The van der Waals surface area contributed by atoms with Gasteiger partial charge in [0.25, 0.3) is 0 Å². The van der Waals surface area contributed by atoms with E-state index in [2.05, 4.69) is 44.8 Å². The monoisotopic (exact) mass is 355 g/mol. The highest BCUT2D eigenvalue weighted by atomic mass is 16.1. The van der Waals surface area contributed by atoms with Gasteiger partial charge in [-0.3, -0.25) is 9.89 Å². The van der Waals surface area contributed by atoms with Crippen molar-refractivity contribution in [1.82, 2.24) is 19.7 Å². The summed E-state index contributed by atoms with van der Waals surface area (Å²) in [5, 5.41) is 10.6. The number of imidazole rings is 1. The number of hydrogen-bond acceptors (Lipinski definition) is 3. The third-order valence-electron chi connectivity index (χ3n) is 4.85. The number of nitrogens with one attached hydrogen (secondary N) is 2. The van der Waals surface area contributed by atoms with Gasteiger partial charge in [0.05, 0.1) is 17.7 Å². The molecule has 6 heteroatoms. The van der Waals surface area contributed by atoms with Gasteiger partial charge in [0.2, 0.25) is 5.91 Å². The van der Waals surface area contributed by atoms with Gasteiger partial charge < -0.3 is 9.88 Å². The smallest absolute Gasteiger partial charge is 0.244 e. The second-order valence-corrected chi connectivity index (χ2v) is 6.62. The predicted octanol–water partition coefficient (Wildman–Crippen LogP) is 3.48. The number of carbonyl (C=O) groups excluding carboxylic acids is 1. The minimum Gasteiger partial charge on any atom is -0.328 e. The molecule has 0 radical (unpaired) electrons. The van der Waals surface area contributed by atoms with Crippen LogP contribution >= 0.6 is 0 Å². The number of aromatic amines is 1. The number of anilines is 1. The van der Waals surface area contributed by atoms with Gasteiger partial charge >= 0.3 is 0 Å². The lowest BCUT2D eigenvalue weighted by molar-refractivity contribution is -0.116. The minimum absolute atomic E-state index is 0.0862. The normalized spacial score (nSPS) is 11.9. The summed E-state index contributed by atoms with van der Waals surface area (Å²) in [4.78, 5) is 16.0. The van der Waals surface area contributed by atoms with E-state index >= 15 is 0 Å². The molecule has 1 aliphatic rings. The van der Waals surface area contributed by atoms with E-state index in [1.54, 1.807) is 23.3 Å².